The van der Waals surface area contributed by atoms with Crippen LogP contribution in [-0.2, 0) is 17.7 Å². The summed E-state index contributed by atoms with van der Waals surface area (Å²) in [5.74, 6) is 1.09. The number of aryl methyl sites for hydroxylation is 1. The number of nitrogens with zero attached hydrogens (tertiary/aromatic N) is 4. The molecule has 0 radical (unpaired) electrons. The fraction of sp³-hybridized carbons (Fsp3) is 0.600. The van der Waals surface area contributed by atoms with Gasteiger partial charge in [0.15, 0.2) is 0 Å². The molecule has 2 bridgehead atoms. The van der Waals surface area contributed by atoms with E-state index < -0.39 is 0 Å². The molecular weight excluding hydrogens is 402 g/mol. The number of amides is 1. The number of hydrogen-bond donors (Lipinski definition) is 1. The highest BCUT2D eigenvalue weighted by Crippen LogP contribution is 2.42. The maximum atomic E-state index is 12.1. The Morgan fingerprint density at radius 2 is 1.91 bits per heavy atom. The van der Waals surface area contributed by atoms with Crippen LogP contribution in [0.1, 0.15) is 67.0 Å². The second-order valence-corrected chi connectivity index (χ2v) is 9.62. The lowest BCUT2D eigenvalue weighted by atomic mass is 9.95. The molecule has 5 rings (SSSR count). The summed E-state index contributed by atoms with van der Waals surface area (Å²) in [6, 6.07) is 12.2. The molecule has 172 valence electrons. The van der Waals surface area contributed by atoms with Crippen LogP contribution in [0.2, 0.25) is 0 Å². The molecule has 7 nitrogen and oxygen atoms in total. The zero-order valence-electron chi connectivity index (χ0n) is 19.2. The minimum Gasteiger partial charge on any atom is -0.453 e. The number of hydrogen-bond acceptors (Lipinski definition) is 5. The maximum absolute atomic E-state index is 12.1. The Labute approximate surface area is 190 Å². The van der Waals surface area contributed by atoms with Gasteiger partial charge in [-0.15, -0.1) is 0 Å². The van der Waals surface area contributed by atoms with Gasteiger partial charge in [0.1, 0.15) is 5.82 Å². The van der Waals surface area contributed by atoms with Gasteiger partial charge in [0, 0.05) is 43.7 Å². The van der Waals surface area contributed by atoms with E-state index in [2.05, 4.69) is 40.7 Å². The first kappa shape index (κ1) is 21.5. The predicted molar refractivity (Wildman–Crippen MR) is 123 cm³/mol. The summed E-state index contributed by atoms with van der Waals surface area (Å²) in [7, 11) is 1.46. The number of benzene rings is 1. The van der Waals surface area contributed by atoms with Gasteiger partial charge >= 0.3 is 6.09 Å². The number of piperidine rings is 1. The molecule has 0 saturated carbocycles. The number of methoxy groups -OCH3 is 1. The molecule has 3 aliphatic rings. The average molecular weight is 438 g/mol. The SMILES string of the molecule is COC(=O)N1CCc2nc(C)n(C3C[C@H]4CC[C@@H](C3)N4CC[C@H](N)c3ccccc3)c2C1. The third kappa shape index (κ3) is 3.92. The Morgan fingerprint density at radius 3 is 2.59 bits per heavy atom. The van der Waals surface area contributed by atoms with Gasteiger partial charge in [-0.1, -0.05) is 30.3 Å². The second-order valence-electron chi connectivity index (χ2n) is 9.62. The third-order valence-electron chi connectivity index (χ3n) is 7.81. The molecule has 32 heavy (non-hydrogen) atoms. The molecule has 2 N–H and O–H groups in total. The Bertz CT molecular complexity index is 945. The monoisotopic (exact) mass is 437 g/mol. The van der Waals surface area contributed by atoms with E-state index >= 15 is 0 Å². The van der Waals surface area contributed by atoms with Gasteiger partial charge in [-0.3, -0.25) is 4.90 Å². The van der Waals surface area contributed by atoms with Gasteiger partial charge in [0.05, 0.1) is 25.0 Å². The zero-order chi connectivity index (χ0) is 22.2. The summed E-state index contributed by atoms with van der Waals surface area (Å²) in [5, 5.41) is 0. The fourth-order valence-corrected chi connectivity index (χ4v) is 6.26. The Kier molecular flexibility index (Phi) is 5.95. The van der Waals surface area contributed by atoms with Gasteiger partial charge in [-0.25, -0.2) is 9.78 Å². The Balaban J connectivity index is 1.27. The zero-order valence-corrected chi connectivity index (χ0v) is 19.2. The van der Waals surface area contributed by atoms with Crippen LogP contribution in [0.15, 0.2) is 30.3 Å². The van der Waals surface area contributed by atoms with Gasteiger partial charge < -0.3 is 19.9 Å². The number of ether oxygens (including phenoxy) is 1. The summed E-state index contributed by atoms with van der Waals surface area (Å²) in [5.41, 5.74) is 10.1. The van der Waals surface area contributed by atoms with Crippen molar-refractivity contribution < 1.29 is 9.53 Å². The van der Waals surface area contributed by atoms with Crippen LogP contribution in [-0.4, -0.2) is 57.7 Å². The van der Waals surface area contributed by atoms with Crippen molar-refractivity contribution in [2.45, 2.75) is 76.2 Å². The summed E-state index contributed by atoms with van der Waals surface area (Å²) in [6.45, 7) is 4.47. The summed E-state index contributed by atoms with van der Waals surface area (Å²) in [4.78, 5) is 21.5. The van der Waals surface area contributed by atoms with Crippen molar-refractivity contribution in [1.82, 2.24) is 19.4 Å². The highest BCUT2D eigenvalue weighted by Gasteiger charge is 2.42. The molecule has 0 aliphatic carbocycles. The van der Waals surface area contributed by atoms with E-state index in [0.29, 0.717) is 31.2 Å². The molecule has 2 saturated heterocycles. The van der Waals surface area contributed by atoms with E-state index in [0.717, 1.165) is 43.7 Å². The highest BCUT2D eigenvalue weighted by molar-refractivity contribution is 5.67. The Morgan fingerprint density at radius 1 is 1.19 bits per heavy atom. The topological polar surface area (TPSA) is 76.6 Å². The van der Waals surface area contributed by atoms with Crippen molar-refractivity contribution in [3.63, 3.8) is 0 Å². The van der Waals surface area contributed by atoms with E-state index in [9.17, 15) is 4.79 Å². The van der Waals surface area contributed by atoms with Gasteiger partial charge in [0.25, 0.3) is 0 Å². The van der Waals surface area contributed by atoms with E-state index in [1.807, 2.05) is 6.07 Å². The number of fused-ring (bicyclic) bond motifs is 3. The lowest BCUT2D eigenvalue weighted by Crippen LogP contribution is -2.45. The van der Waals surface area contributed by atoms with Crippen LogP contribution in [0, 0.1) is 6.92 Å². The molecule has 1 aromatic carbocycles. The maximum Gasteiger partial charge on any atom is 0.409 e. The molecule has 4 atom stereocenters. The van der Waals surface area contributed by atoms with E-state index in [4.69, 9.17) is 15.5 Å². The fourth-order valence-electron chi connectivity index (χ4n) is 6.26. The average Bonchev–Trinajstić information content (AvgIpc) is 3.27. The van der Waals surface area contributed by atoms with Crippen LogP contribution in [0.4, 0.5) is 4.79 Å². The molecule has 2 fully saturated rings. The first-order chi connectivity index (χ1) is 15.5. The molecule has 4 heterocycles. The molecule has 3 aliphatic heterocycles. The minimum absolute atomic E-state index is 0.0977. The highest BCUT2D eigenvalue weighted by atomic mass is 16.5. The Hall–Kier alpha value is -2.38. The number of imidazole rings is 1. The van der Waals surface area contributed by atoms with Crippen LogP contribution < -0.4 is 5.73 Å². The van der Waals surface area contributed by atoms with Crippen LogP contribution >= 0.6 is 0 Å². The lowest BCUT2D eigenvalue weighted by Gasteiger charge is -2.41. The third-order valence-corrected chi connectivity index (χ3v) is 7.81. The smallest absolute Gasteiger partial charge is 0.409 e. The second kappa shape index (κ2) is 8.87. The molecule has 0 spiro atoms. The summed E-state index contributed by atoms with van der Waals surface area (Å²) < 4.78 is 7.42. The standard InChI is InChI=1S/C25H35N5O2/c1-17-27-23-11-12-28(25(31)32-2)16-24(23)30(17)21-14-19-8-9-20(15-21)29(19)13-10-22(26)18-6-4-3-5-7-18/h3-7,19-22H,8-16,26H2,1-2H3/t19-,20+,21?,22-/m0/s1. The summed E-state index contributed by atoms with van der Waals surface area (Å²) >= 11 is 0. The first-order valence-corrected chi connectivity index (χ1v) is 12.0. The molecule has 1 aromatic heterocycles. The van der Waals surface area contributed by atoms with Crippen LogP contribution in [0.3, 0.4) is 0 Å². The number of carbonyl (C=O) groups is 1. The lowest BCUT2D eigenvalue weighted by molar-refractivity contribution is 0.0974. The minimum atomic E-state index is -0.245. The predicted octanol–water partition coefficient (Wildman–Crippen LogP) is 3.57. The normalized spacial score (nSPS) is 26.1. The molecule has 1 amide bonds. The van der Waals surface area contributed by atoms with E-state index in [-0.39, 0.29) is 12.1 Å². The quantitative estimate of drug-likeness (QED) is 0.774. The molecule has 1 unspecified atom stereocenters. The van der Waals surface area contributed by atoms with Crippen molar-refractivity contribution in [3.05, 3.63) is 53.1 Å². The number of rotatable bonds is 5. The van der Waals surface area contributed by atoms with E-state index in [1.54, 1.807) is 4.90 Å². The first-order valence-electron chi connectivity index (χ1n) is 12.0. The molecular formula is C25H35N5O2. The molecule has 7 heteroatoms. The van der Waals surface area contributed by atoms with Crippen molar-refractivity contribution in [1.29, 1.82) is 0 Å². The van der Waals surface area contributed by atoms with Crippen LogP contribution in [0.5, 0.6) is 0 Å². The van der Waals surface area contributed by atoms with Gasteiger partial charge in [0.2, 0.25) is 0 Å². The van der Waals surface area contributed by atoms with Crippen molar-refractivity contribution in [2.75, 3.05) is 20.2 Å². The van der Waals surface area contributed by atoms with Crippen LogP contribution in [0.25, 0.3) is 0 Å². The van der Waals surface area contributed by atoms with Gasteiger partial charge in [-0.2, -0.15) is 0 Å². The van der Waals surface area contributed by atoms with Crippen molar-refractivity contribution in [3.8, 4) is 0 Å². The van der Waals surface area contributed by atoms with Gasteiger partial charge in [-0.05, 0) is 44.6 Å². The van der Waals surface area contributed by atoms with E-state index in [1.165, 1.54) is 31.2 Å². The van der Waals surface area contributed by atoms with Crippen molar-refractivity contribution in [2.24, 2.45) is 5.73 Å². The number of nitrogens with two attached hydrogens (primary N) is 1. The largest absolute Gasteiger partial charge is 0.453 e. The number of aromatic nitrogens is 2. The number of carbonyl (C=O) groups excluding carboxylic acids is 1. The van der Waals surface area contributed by atoms with Crippen molar-refractivity contribution >= 4 is 6.09 Å². The molecule has 2 aromatic rings. The summed E-state index contributed by atoms with van der Waals surface area (Å²) in [6.07, 6.45) is 6.40.